The molecule has 7 heteroatoms. The lowest BCUT2D eigenvalue weighted by Crippen LogP contribution is -2.26. The number of sulfone groups is 1. The second-order valence-electron chi connectivity index (χ2n) is 6.42. The standard InChI is InChI=1S/C21H21NO4S2/c1-17-10-12-18(13-11-17)14-15-22-28(25,26)21-9-5-8-20(16-21)27(23,24)19-6-3-2-4-7-19/h2-13,16,22H,14-15H2,1H3. The molecule has 0 spiro atoms. The molecule has 28 heavy (non-hydrogen) atoms. The lowest BCUT2D eigenvalue weighted by molar-refractivity contribution is 0.581. The highest BCUT2D eigenvalue weighted by atomic mass is 32.2. The molecule has 0 aliphatic carbocycles. The molecule has 0 amide bonds. The van der Waals surface area contributed by atoms with Crippen molar-refractivity contribution < 1.29 is 16.8 Å². The molecule has 0 bridgehead atoms. The summed E-state index contributed by atoms with van der Waals surface area (Å²) in [6, 6.07) is 21.2. The van der Waals surface area contributed by atoms with E-state index in [1.54, 1.807) is 18.2 Å². The first kappa shape index (κ1) is 20.3. The molecule has 0 radical (unpaired) electrons. The second-order valence-corrected chi connectivity index (χ2v) is 10.1. The first-order valence-electron chi connectivity index (χ1n) is 8.74. The molecule has 5 nitrogen and oxygen atoms in total. The zero-order chi connectivity index (χ0) is 20.2. The molecule has 0 aliphatic rings. The Morgan fingerprint density at radius 2 is 1.32 bits per heavy atom. The maximum absolute atomic E-state index is 12.7. The summed E-state index contributed by atoms with van der Waals surface area (Å²) >= 11 is 0. The minimum atomic E-state index is -3.82. The Bertz CT molecular complexity index is 1150. The van der Waals surface area contributed by atoms with Gasteiger partial charge in [0.25, 0.3) is 0 Å². The maximum atomic E-state index is 12.7. The fourth-order valence-electron chi connectivity index (χ4n) is 2.71. The summed E-state index contributed by atoms with van der Waals surface area (Å²) < 4.78 is 53.2. The fraction of sp³-hybridized carbons (Fsp3) is 0.143. The van der Waals surface area contributed by atoms with Gasteiger partial charge in [-0.2, -0.15) is 0 Å². The van der Waals surface area contributed by atoms with E-state index >= 15 is 0 Å². The van der Waals surface area contributed by atoms with Gasteiger partial charge in [0.2, 0.25) is 19.9 Å². The highest BCUT2D eigenvalue weighted by Gasteiger charge is 2.21. The lowest BCUT2D eigenvalue weighted by Gasteiger charge is -2.09. The van der Waals surface area contributed by atoms with Crippen LogP contribution in [0.25, 0.3) is 0 Å². The number of rotatable bonds is 7. The third-order valence-electron chi connectivity index (χ3n) is 4.31. The first-order valence-corrected chi connectivity index (χ1v) is 11.7. The Labute approximate surface area is 166 Å². The summed E-state index contributed by atoms with van der Waals surface area (Å²) in [4.78, 5) is -0.00889. The van der Waals surface area contributed by atoms with Gasteiger partial charge in [0.05, 0.1) is 14.7 Å². The maximum Gasteiger partial charge on any atom is 0.240 e. The Balaban J connectivity index is 1.77. The van der Waals surface area contributed by atoms with Crippen molar-refractivity contribution in [3.8, 4) is 0 Å². The summed E-state index contributed by atoms with van der Waals surface area (Å²) in [5.41, 5.74) is 2.16. The van der Waals surface area contributed by atoms with Crippen LogP contribution in [0.5, 0.6) is 0 Å². The average molecular weight is 416 g/mol. The smallest absolute Gasteiger partial charge is 0.219 e. The highest BCUT2D eigenvalue weighted by Crippen LogP contribution is 2.23. The molecular weight excluding hydrogens is 394 g/mol. The zero-order valence-electron chi connectivity index (χ0n) is 15.4. The molecule has 3 aromatic rings. The molecule has 0 aromatic heterocycles. The zero-order valence-corrected chi connectivity index (χ0v) is 17.0. The van der Waals surface area contributed by atoms with Crippen LogP contribution in [0.15, 0.2) is 93.5 Å². The molecule has 0 aliphatic heterocycles. The number of aryl methyl sites for hydroxylation is 1. The van der Waals surface area contributed by atoms with E-state index in [-0.39, 0.29) is 21.2 Å². The van der Waals surface area contributed by atoms with Crippen LogP contribution in [0, 0.1) is 6.92 Å². The van der Waals surface area contributed by atoms with Gasteiger partial charge < -0.3 is 0 Å². The van der Waals surface area contributed by atoms with Crippen LogP contribution in [0.3, 0.4) is 0 Å². The summed E-state index contributed by atoms with van der Waals surface area (Å²) in [7, 11) is -7.60. The minimum Gasteiger partial charge on any atom is -0.219 e. The molecule has 0 unspecified atom stereocenters. The van der Waals surface area contributed by atoms with E-state index in [1.807, 2.05) is 31.2 Å². The average Bonchev–Trinajstić information content (AvgIpc) is 2.70. The van der Waals surface area contributed by atoms with E-state index in [0.29, 0.717) is 6.42 Å². The highest BCUT2D eigenvalue weighted by molar-refractivity contribution is 7.91. The fourth-order valence-corrected chi connectivity index (χ4v) is 5.19. The normalized spacial score (nSPS) is 12.0. The van der Waals surface area contributed by atoms with Crippen LogP contribution in [0.2, 0.25) is 0 Å². The SMILES string of the molecule is Cc1ccc(CCNS(=O)(=O)c2cccc(S(=O)(=O)c3ccccc3)c2)cc1. The number of nitrogens with one attached hydrogen (secondary N) is 1. The molecule has 0 fully saturated rings. The second kappa shape index (κ2) is 8.26. The quantitative estimate of drug-likeness (QED) is 0.642. The van der Waals surface area contributed by atoms with Crippen LogP contribution >= 0.6 is 0 Å². The predicted octanol–water partition coefficient (Wildman–Crippen LogP) is 3.35. The molecule has 0 atom stereocenters. The van der Waals surface area contributed by atoms with Gasteiger partial charge in [0.15, 0.2) is 0 Å². The Morgan fingerprint density at radius 1 is 0.714 bits per heavy atom. The first-order chi connectivity index (χ1) is 13.3. The van der Waals surface area contributed by atoms with Crippen LogP contribution in [-0.2, 0) is 26.3 Å². The van der Waals surface area contributed by atoms with E-state index in [2.05, 4.69) is 4.72 Å². The minimum absolute atomic E-state index is 0.0555. The predicted molar refractivity (Wildman–Crippen MR) is 108 cm³/mol. The van der Waals surface area contributed by atoms with Gasteiger partial charge in [-0.3, -0.25) is 0 Å². The van der Waals surface area contributed by atoms with Crippen molar-refractivity contribution in [1.29, 1.82) is 0 Å². The topological polar surface area (TPSA) is 80.3 Å². The summed E-state index contributed by atoms with van der Waals surface area (Å²) in [5.74, 6) is 0. The molecule has 0 saturated heterocycles. The van der Waals surface area contributed by atoms with Gasteiger partial charge in [-0.1, -0.05) is 54.1 Å². The van der Waals surface area contributed by atoms with Crippen LogP contribution in [-0.4, -0.2) is 23.4 Å². The molecule has 0 saturated carbocycles. The van der Waals surface area contributed by atoms with Crippen molar-refractivity contribution in [3.63, 3.8) is 0 Å². The largest absolute Gasteiger partial charge is 0.240 e. The van der Waals surface area contributed by atoms with Crippen molar-refractivity contribution in [2.24, 2.45) is 0 Å². The van der Waals surface area contributed by atoms with E-state index in [0.717, 1.165) is 11.1 Å². The third kappa shape index (κ3) is 4.67. The Hall–Kier alpha value is -2.48. The van der Waals surface area contributed by atoms with Gasteiger partial charge in [-0.05, 0) is 49.2 Å². The Morgan fingerprint density at radius 3 is 2.00 bits per heavy atom. The number of hydrogen-bond acceptors (Lipinski definition) is 4. The van der Waals surface area contributed by atoms with Crippen molar-refractivity contribution in [1.82, 2.24) is 4.72 Å². The number of benzene rings is 3. The summed E-state index contributed by atoms with van der Waals surface area (Å²) in [6.45, 7) is 2.21. The van der Waals surface area contributed by atoms with Crippen LogP contribution < -0.4 is 4.72 Å². The van der Waals surface area contributed by atoms with Gasteiger partial charge >= 0.3 is 0 Å². The molecular formula is C21H21NO4S2. The monoisotopic (exact) mass is 415 g/mol. The van der Waals surface area contributed by atoms with Gasteiger partial charge in [-0.15, -0.1) is 0 Å². The third-order valence-corrected chi connectivity index (χ3v) is 7.53. The van der Waals surface area contributed by atoms with Crippen molar-refractivity contribution in [3.05, 3.63) is 90.0 Å². The van der Waals surface area contributed by atoms with Crippen molar-refractivity contribution in [2.75, 3.05) is 6.54 Å². The molecule has 0 heterocycles. The van der Waals surface area contributed by atoms with E-state index in [9.17, 15) is 16.8 Å². The molecule has 146 valence electrons. The Kier molecular flexibility index (Phi) is 5.98. The molecule has 3 aromatic carbocycles. The van der Waals surface area contributed by atoms with Crippen molar-refractivity contribution >= 4 is 19.9 Å². The molecule has 1 N–H and O–H groups in total. The van der Waals surface area contributed by atoms with Crippen LogP contribution in [0.4, 0.5) is 0 Å². The van der Waals surface area contributed by atoms with Crippen molar-refractivity contribution in [2.45, 2.75) is 28.0 Å². The van der Waals surface area contributed by atoms with Gasteiger partial charge in [-0.25, -0.2) is 21.6 Å². The van der Waals surface area contributed by atoms with Gasteiger partial charge in [0, 0.05) is 6.54 Å². The summed E-state index contributed by atoms with van der Waals surface area (Å²) in [5, 5.41) is 0. The number of sulfonamides is 1. The molecule has 3 rings (SSSR count). The number of hydrogen-bond donors (Lipinski definition) is 1. The van der Waals surface area contributed by atoms with E-state index in [4.69, 9.17) is 0 Å². The van der Waals surface area contributed by atoms with E-state index in [1.165, 1.54) is 36.4 Å². The van der Waals surface area contributed by atoms with Gasteiger partial charge in [0.1, 0.15) is 0 Å². The van der Waals surface area contributed by atoms with Crippen LogP contribution in [0.1, 0.15) is 11.1 Å². The summed E-state index contributed by atoms with van der Waals surface area (Å²) in [6.07, 6.45) is 0.543. The van der Waals surface area contributed by atoms with E-state index < -0.39 is 19.9 Å². The lowest BCUT2D eigenvalue weighted by atomic mass is 10.1.